The molecule has 6 rings (SSSR count). The van der Waals surface area contributed by atoms with Crippen LogP contribution in [-0.2, 0) is 4.74 Å². The van der Waals surface area contributed by atoms with Crippen LogP contribution in [0.1, 0.15) is 51.3 Å². The summed E-state index contributed by atoms with van der Waals surface area (Å²) < 4.78 is 16.8. The van der Waals surface area contributed by atoms with Gasteiger partial charge >= 0.3 is 11.9 Å². The van der Waals surface area contributed by atoms with Crippen LogP contribution in [0.3, 0.4) is 0 Å². The number of carbonyl (C=O) groups excluding carboxylic acids is 2. The van der Waals surface area contributed by atoms with Gasteiger partial charge in [-0.3, -0.25) is 9.97 Å². The van der Waals surface area contributed by atoms with Gasteiger partial charge in [0.1, 0.15) is 11.5 Å². The second kappa shape index (κ2) is 16.0. The second-order valence-corrected chi connectivity index (χ2v) is 12.3. The Morgan fingerprint density at radius 2 is 1.15 bits per heavy atom. The molecule has 0 aliphatic heterocycles. The standard InChI is InChI=1S/C43H40N4O5/c1-6-50-34-12-8-10-30(23-34)38-19-16-32(25-44-38)46-39-17-14-27(3)20-36(39)42(48)52-43(49)37-21-28(4)15-18-40(37)47-33-22-29(5)41(45-26-33)31-11-9-13-35(24-31)51-7-2/h8-26,46-47H,6-7H2,1-5H3. The van der Waals surface area contributed by atoms with Crippen molar-refractivity contribution in [2.45, 2.75) is 34.6 Å². The molecule has 0 amide bonds. The van der Waals surface area contributed by atoms with Crippen LogP contribution in [0.2, 0.25) is 0 Å². The van der Waals surface area contributed by atoms with Gasteiger partial charge in [0.2, 0.25) is 0 Å². The van der Waals surface area contributed by atoms with E-state index in [1.807, 2.05) is 113 Å². The van der Waals surface area contributed by atoms with Crippen molar-refractivity contribution in [2.24, 2.45) is 0 Å². The Balaban J connectivity index is 1.18. The normalized spacial score (nSPS) is 10.7. The number of aromatic nitrogens is 2. The van der Waals surface area contributed by atoms with Crippen molar-refractivity contribution in [3.63, 3.8) is 0 Å². The molecular weight excluding hydrogens is 652 g/mol. The van der Waals surface area contributed by atoms with Gasteiger partial charge in [0.05, 0.1) is 70.9 Å². The number of pyridine rings is 2. The first-order valence-corrected chi connectivity index (χ1v) is 17.1. The fraction of sp³-hybridized carbons (Fsp3) is 0.163. The molecule has 0 aliphatic rings. The van der Waals surface area contributed by atoms with Crippen molar-refractivity contribution < 1.29 is 23.8 Å². The quantitative estimate of drug-likeness (QED) is 0.0956. The third-order valence-corrected chi connectivity index (χ3v) is 8.23. The van der Waals surface area contributed by atoms with E-state index >= 15 is 0 Å². The molecule has 0 spiro atoms. The summed E-state index contributed by atoms with van der Waals surface area (Å²) in [6, 6.07) is 32.0. The highest BCUT2D eigenvalue weighted by Gasteiger charge is 2.22. The fourth-order valence-electron chi connectivity index (χ4n) is 5.77. The van der Waals surface area contributed by atoms with Gasteiger partial charge in [0.25, 0.3) is 0 Å². The van der Waals surface area contributed by atoms with Gasteiger partial charge in [-0.25, -0.2) is 9.59 Å². The summed E-state index contributed by atoms with van der Waals surface area (Å²) in [5.41, 5.74) is 8.80. The molecule has 2 heterocycles. The van der Waals surface area contributed by atoms with E-state index in [0.717, 1.165) is 50.7 Å². The summed E-state index contributed by atoms with van der Waals surface area (Å²) >= 11 is 0. The molecule has 0 bridgehead atoms. The topological polar surface area (TPSA) is 112 Å². The molecule has 262 valence electrons. The lowest BCUT2D eigenvalue weighted by molar-refractivity contribution is 0.0399. The number of anilines is 4. The smallest absolute Gasteiger partial charge is 0.348 e. The highest BCUT2D eigenvalue weighted by atomic mass is 16.6. The fourth-order valence-corrected chi connectivity index (χ4v) is 5.77. The molecule has 0 saturated carbocycles. The molecule has 52 heavy (non-hydrogen) atoms. The predicted octanol–water partition coefficient (Wildman–Crippen LogP) is 10.0. The lowest BCUT2D eigenvalue weighted by atomic mass is 10.1. The number of carbonyl (C=O) groups is 2. The Labute approximate surface area is 303 Å². The first-order valence-electron chi connectivity index (χ1n) is 17.1. The molecule has 2 N–H and O–H groups in total. The molecule has 6 aromatic rings. The van der Waals surface area contributed by atoms with E-state index in [9.17, 15) is 9.59 Å². The summed E-state index contributed by atoms with van der Waals surface area (Å²) in [6.45, 7) is 10.8. The molecule has 0 unspecified atom stereocenters. The van der Waals surface area contributed by atoms with E-state index in [-0.39, 0.29) is 11.1 Å². The average molecular weight is 693 g/mol. The molecule has 0 radical (unpaired) electrons. The van der Waals surface area contributed by atoms with Crippen molar-refractivity contribution in [1.82, 2.24) is 9.97 Å². The van der Waals surface area contributed by atoms with Crippen LogP contribution in [0.4, 0.5) is 22.7 Å². The minimum atomic E-state index is -0.780. The Hall–Kier alpha value is -6.48. The maximum Gasteiger partial charge on any atom is 0.348 e. The number of esters is 2. The van der Waals surface area contributed by atoms with Crippen molar-refractivity contribution in [3.8, 4) is 34.0 Å². The van der Waals surface area contributed by atoms with E-state index in [1.54, 1.807) is 36.7 Å². The second-order valence-electron chi connectivity index (χ2n) is 12.3. The highest BCUT2D eigenvalue weighted by Crippen LogP contribution is 2.30. The van der Waals surface area contributed by atoms with Gasteiger partial charge in [-0.2, -0.15) is 0 Å². The number of ether oxygens (including phenoxy) is 3. The van der Waals surface area contributed by atoms with Gasteiger partial charge in [-0.1, -0.05) is 47.5 Å². The third kappa shape index (κ3) is 8.45. The zero-order valence-electron chi connectivity index (χ0n) is 29.8. The van der Waals surface area contributed by atoms with E-state index in [0.29, 0.717) is 36.0 Å². The van der Waals surface area contributed by atoms with E-state index in [1.165, 1.54) is 0 Å². The lowest BCUT2D eigenvalue weighted by Gasteiger charge is -2.15. The number of nitrogens with one attached hydrogen (secondary N) is 2. The van der Waals surface area contributed by atoms with E-state index < -0.39 is 11.9 Å². The Bertz CT molecular complexity index is 2230. The summed E-state index contributed by atoms with van der Waals surface area (Å²) in [7, 11) is 0. The number of nitrogens with zero attached hydrogens (tertiary/aromatic N) is 2. The predicted molar refractivity (Wildman–Crippen MR) is 205 cm³/mol. The summed E-state index contributed by atoms with van der Waals surface area (Å²) in [4.78, 5) is 36.5. The summed E-state index contributed by atoms with van der Waals surface area (Å²) in [6.07, 6.45) is 3.40. The third-order valence-electron chi connectivity index (χ3n) is 8.23. The van der Waals surface area contributed by atoms with Crippen molar-refractivity contribution >= 4 is 34.7 Å². The van der Waals surface area contributed by atoms with Gasteiger partial charge in [0, 0.05) is 11.1 Å². The number of hydrogen-bond acceptors (Lipinski definition) is 9. The zero-order chi connectivity index (χ0) is 36.6. The molecule has 9 heteroatoms. The molecular formula is C43H40N4O5. The summed E-state index contributed by atoms with van der Waals surface area (Å²) in [5, 5.41) is 6.56. The molecule has 9 nitrogen and oxygen atoms in total. The van der Waals surface area contributed by atoms with Gasteiger partial charge < -0.3 is 24.8 Å². The Morgan fingerprint density at radius 1 is 0.596 bits per heavy atom. The largest absolute Gasteiger partial charge is 0.494 e. The van der Waals surface area contributed by atoms with Crippen LogP contribution in [0, 0.1) is 20.8 Å². The van der Waals surface area contributed by atoms with E-state index in [4.69, 9.17) is 19.2 Å². The van der Waals surface area contributed by atoms with Crippen LogP contribution >= 0.6 is 0 Å². The maximum atomic E-state index is 13.6. The Morgan fingerprint density at radius 3 is 1.71 bits per heavy atom. The van der Waals surface area contributed by atoms with Crippen molar-refractivity contribution in [2.75, 3.05) is 23.8 Å². The number of rotatable bonds is 12. The van der Waals surface area contributed by atoms with Crippen LogP contribution in [0.15, 0.2) is 116 Å². The molecule has 0 atom stereocenters. The minimum absolute atomic E-state index is 0.216. The number of aryl methyl sites for hydroxylation is 3. The highest BCUT2D eigenvalue weighted by molar-refractivity contribution is 6.08. The number of benzene rings is 4. The average Bonchev–Trinajstić information content (AvgIpc) is 3.14. The molecule has 4 aromatic carbocycles. The molecule has 2 aromatic heterocycles. The number of hydrogen-bond donors (Lipinski definition) is 2. The molecule has 0 saturated heterocycles. The maximum absolute atomic E-state index is 13.6. The SMILES string of the molecule is CCOc1cccc(-c2ccc(Nc3ccc(C)cc3C(=O)OC(=O)c3cc(C)ccc3Nc3cnc(-c4cccc(OCC)c4)c(C)c3)cn2)c1. The van der Waals surface area contributed by atoms with Crippen LogP contribution in [0.5, 0.6) is 11.5 Å². The molecule has 0 fully saturated rings. The van der Waals surface area contributed by atoms with Crippen LogP contribution in [-0.4, -0.2) is 35.1 Å². The summed E-state index contributed by atoms with van der Waals surface area (Å²) in [5.74, 6) is -0.00698. The van der Waals surface area contributed by atoms with Crippen LogP contribution < -0.4 is 20.1 Å². The van der Waals surface area contributed by atoms with Crippen LogP contribution in [0.25, 0.3) is 22.5 Å². The van der Waals surface area contributed by atoms with Gasteiger partial charge in [-0.05, 0) is 107 Å². The van der Waals surface area contributed by atoms with Crippen molar-refractivity contribution in [1.29, 1.82) is 0 Å². The first-order chi connectivity index (χ1) is 25.2. The Kier molecular flexibility index (Phi) is 10.9. The minimum Gasteiger partial charge on any atom is -0.494 e. The zero-order valence-corrected chi connectivity index (χ0v) is 29.8. The lowest BCUT2D eigenvalue weighted by Crippen LogP contribution is -2.16. The molecule has 0 aliphatic carbocycles. The van der Waals surface area contributed by atoms with E-state index in [2.05, 4.69) is 15.6 Å². The van der Waals surface area contributed by atoms with Gasteiger partial charge in [0.15, 0.2) is 0 Å². The van der Waals surface area contributed by atoms with Crippen molar-refractivity contribution in [3.05, 3.63) is 143 Å². The van der Waals surface area contributed by atoms with Gasteiger partial charge in [-0.15, -0.1) is 0 Å². The first kappa shape index (κ1) is 35.3. The monoisotopic (exact) mass is 692 g/mol.